The van der Waals surface area contributed by atoms with Gasteiger partial charge >= 0.3 is 0 Å². The Balaban J connectivity index is 1.45. The van der Waals surface area contributed by atoms with Gasteiger partial charge in [0, 0.05) is 34.1 Å². The number of carbonyl (C=O) groups is 2. The second-order valence-corrected chi connectivity index (χ2v) is 8.90. The monoisotopic (exact) mass is 391 g/mol. The van der Waals surface area contributed by atoms with Crippen molar-refractivity contribution in [3.8, 4) is 0 Å². The van der Waals surface area contributed by atoms with Crippen LogP contribution >= 0.6 is 22.9 Å². The Labute approximate surface area is 161 Å². The number of fused-ring (bicyclic) bond motifs is 2. The largest absolute Gasteiger partial charge is 0.342 e. The van der Waals surface area contributed by atoms with E-state index in [1.807, 2.05) is 32.0 Å². The third kappa shape index (κ3) is 3.00. The number of thiophene rings is 1. The van der Waals surface area contributed by atoms with Gasteiger partial charge in [-0.15, -0.1) is 11.3 Å². The van der Waals surface area contributed by atoms with Crippen molar-refractivity contribution < 1.29 is 9.59 Å². The number of rotatable bonds is 4. The molecule has 0 radical (unpaired) electrons. The fourth-order valence-electron chi connectivity index (χ4n) is 3.83. The van der Waals surface area contributed by atoms with E-state index in [2.05, 4.69) is 16.7 Å². The minimum atomic E-state index is -0.408. The average molecular weight is 392 g/mol. The predicted octanol–water partition coefficient (Wildman–Crippen LogP) is 2.77. The van der Waals surface area contributed by atoms with Gasteiger partial charge in [0.1, 0.15) is 12.1 Å². The van der Waals surface area contributed by atoms with E-state index in [0.717, 1.165) is 15.3 Å². The molecule has 0 aliphatic carbocycles. The number of halogens is 1. The lowest BCUT2D eigenvalue weighted by Gasteiger charge is -2.36. The van der Waals surface area contributed by atoms with E-state index >= 15 is 0 Å². The number of amides is 2. The first-order valence-corrected chi connectivity index (χ1v) is 10.1. The van der Waals surface area contributed by atoms with E-state index in [4.69, 9.17) is 11.6 Å². The molecule has 2 aliphatic rings. The molecular formula is C19H22ClN3O2S. The van der Waals surface area contributed by atoms with Gasteiger partial charge in [0.05, 0.1) is 5.02 Å². The smallest absolute Gasteiger partial charge is 0.246 e. The van der Waals surface area contributed by atoms with Gasteiger partial charge in [-0.2, -0.15) is 0 Å². The lowest BCUT2D eigenvalue weighted by molar-refractivity contribution is -0.148. The number of nitrogens with one attached hydrogen (secondary N) is 2. The Hall–Kier alpha value is -1.63. The van der Waals surface area contributed by atoms with Crippen LogP contribution in [0.15, 0.2) is 24.3 Å². The number of hydrogen-bond acceptors (Lipinski definition) is 4. The van der Waals surface area contributed by atoms with E-state index in [1.165, 1.54) is 4.70 Å². The molecule has 1 aromatic heterocycles. The first kappa shape index (κ1) is 17.8. The summed E-state index contributed by atoms with van der Waals surface area (Å²) in [5.41, 5.74) is 0. The van der Waals surface area contributed by atoms with Crippen molar-refractivity contribution in [1.82, 2.24) is 15.5 Å². The molecule has 2 N–H and O–H groups in total. The molecule has 0 unspecified atom stereocenters. The number of nitrogens with zero attached hydrogens (tertiary/aromatic N) is 1. The highest BCUT2D eigenvalue weighted by atomic mass is 35.5. The van der Waals surface area contributed by atoms with Gasteiger partial charge in [-0.25, -0.2) is 0 Å². The van der Waals surface area contributed by atoms with E-state index < -0.39 is 6.04 Å². The standard InChI is InChI=1S/C19H22ClN3O2S/c1-10(2)17-19(25)23-9-11(7-13(23)18(24)22-17)21-8-15-16(20)12-5-3-4-6-14(12)26-15/h3-6,10-11,13,17,21H,7-9H2,1-2H3,(H,22,24)/t11-,13-,17-/m0/s1. The SMILES string of the molecule is CC(C)[C@@H]1NC(=O)[C@@H]2C[C@H](NCc3sc4ccccc4c3Cl)CN2C1=O. The lowest BCUT2D eigenvalue weighted by atomic mass is 9.98. The summed E-state index contributed by atoms with van der Waals surface area (Å²) < 4.78 is 1.17. The Morgan fingerprint density at radius 2 is 2.12 bits per heavy atom. The molecule has 2 aliphatic heterocycles. The Kier molecular flexibility index (Phi) is 4.67. The summed E-state index contributed by atoms with van der Waals surface area (Å²) in [6.45, 7) is 5.13. The second kappa shape index (κ2) is 6.83. The van der Waals surface area contributed by atoms with E-state index in [9.17, 15) is 9.59 Å². The maximum absolute atomic E-state index is 12.6. The fourth-order valence-corrected chi connectivity index (χ4v) is 5.28. The molecule has 1 aromatic carbocycles. The molecule has 2 aromatic rings. The highest BCUT2D eigenvalue weighted by molar-refractivity contribution is 7.19. The zero-order valence-electron chi connectivity index (χ0n) is 14.8. The first-order chi connectivity index (χ1) is 12.5. The van der Waals surface area contributed by atoms with Crippen molar-refractivity contribution in [3.63, 3.8) is 0 Å². The number of hydrogen-bond donors (Lipinski definition) is 2. The summed E-state index contributed by atoms with van der Waals surface area (Å²) in [4.78, 5) is 27.9. The van der Waals surface area contributed by atoms with Crippen molar-refractivity contribution in [2.45, 2.75) is 44.9 Å². The molecule has 3 heterocycles. The number of benzene rings is 1. The van der Waals surface area contributed by atoms with Crippen LogP contribution in [-0.4, -0.2) is 41.4 Å². The normalized spacial score (nSPS) is 25.8. The highest BCUT2D eigenvalue weighted by Crippen LogP contribution is 2.35. The van der Waals surface area contributed by atoms with Crippen LogP contribution in [0.5, 0.6) is 0 Å². The zero-order chi connectivity index (χ0) is 18.4. The summed E-state index contributed by atoms with van der Waals surface area (Å²) in [6.07, 6.45) is 0.644. The maximum atomic E-state index is 12.6. The molecule has 26 heavy (non-hydrogen) atoms. The second-order valence-electron chi connectivity index (χ2n) is 7.39. The molecule has 7 heteroatoms. The van der Waals surface area contributed by atoms with Gasteiger partial charge in [-0.3, -0.25) is 9.59 Å². The van der Waals surface area contributed by atoms with Crippen molar-refractivity contribution in [2.24, 2.45) is 5.92 Å². The topological polar surface area (TPSA) is 61.4 Å². The summed E-state index contributed by atoms with van der Waals surface area (Å²) in [7, 11) is 0. The van der Waals surface area contributed by atoms with Crippen LogP contribution < -0.4 is 10.6 Å². The van der Waals surface area contributed by atoms with Gasteiger partial charge in [-0.1, -0.05) is 43.6 Å². The molecule has 2 fully saturated rings. The lowest BCUT2D eigenvalue weighted by Crippen LogP contribution is -2.62. The van der Waals surface area contributed by atoms with E-state index in [-0.39, 0.29) is 29.8 Å². The van der Waals surface area contributed by atoms with Crippen molar-refractivity contribution in [2.75, 3.05) is 6.54 Å². The molecule has 2 saturated heterocycles. The summed E-state index contributed by atoms with van der Waals surface area (Å²) in [6, 6.07) is 7.44. The number of carbonyl (C=O) groups excluding carboxylic acids is 2. The Morgan fingerprint density at radius 3 is 2.85 bits per heavy atom. The predicted molar refractivity (Wildman–Crippen MR) is 104 cm³/mol. The van der Waals surface area contributed by atoms with Crippen LogP contribution in [0.4, 0.5) is 0 Å². The van der Waals surface area contributed by atoms with Crippen molar-refractivity contribution >= 4 is 44.8 Å². The molecular weight excluding hydrogens is 370 g/mol. The zero-order valence-corrected chi connectivity index (χ0v) is 16.4. The van der Waals surface area contributed by atoms with Gasteiger partial charge < -0.3 is 15.5 Å². The minimum Gasteiger partial charge on any atom is -0.342 e. The van der Waals surface area contributed by atoms with Crippen LogP contribution in [0.1, 0.15) is 25.1 Å². The van der Waals surface area contributed by atoms with Gasteiger partial charge in [-0.05, 0) is 18.4 Å². The molecule has 0 spiro atoms. The van der Waals surface area contributed by atoms with E-state index in [0.29, 0.717) is 19.5 Å². The molecule has 0 bridgehead atoms. The van der Waals surface area contributed by atoms with Crippen LogP contribution in [0.25, 0.3) is 10.1 Å². The summed E-state index contributed by atoms with van der Waals surface area (Å²) in [5.74, 6) is 0.0954. The van der Waals surface area contributed by atoms with Crippen LogP contribution in [0.3, 0.4) is 0 Å². The van der Waals surface area contributed by atoms with Crippen LogP contribution in [-0.2, 0) is 16.1 Å². The molecule has 3 atom stereocenters. The third-order valence-corrected chi connectivity index (χ3v) is 6.98. The average Bonchev–Trinajstić information content (AvgIpc) is 3.19. The fraction of sp³-hybridized carbons (Fsp3) is 0.474. The number of piperazine rings is 1. The molecule has 4 rings (SSSR count). The minimum absolute atomic E-state index is 0.0347. The molecule has 2 amide bonds. The van der Waals surface area contributed by atoms with Gasteiger partial charge in [0.15, 0.2) is 0 Å². The first-order valence-electron chi connectivity index (χ1n) is 8.96. The van der Waals surface area contributed by atoms with Crippen LogP contribution in [0.2, 0.25) is 5.02 Å². The Bertz CT molecular complexity index is 866. The molecule has 0 saturated carbocycles. The quantitative estimate of drug-likeness (QED) is 0.842. The van der Waals surface area contributed by atoms with Gasteiger partial charge in [0.2, 0.25) is 11.8 Å². The summed E-state index contributed by atoms with van der Waals surface area (Å²) in [5, 5.41) is 8.25. The van der Waals surface area contributed by atoms with Crippen molar-refractivity contribution in [3.05, 3.63) is 34.2 Å². The van der Waals surface area contributed by atoms with E-state index in [1.54, 1.807) is 16.2 Å². The van der Waals surface area contributed by atoms with Crippen LogP contribution in [0, 0.1) is 5.92 Å². The Morgan fingerprint density at radius 1 is 1.35 bits per heavy atom. The summed E-state index contributed by atoms with van der Waals surface area (Å²) >= 11 is 8.19. The van der Waals surface area contributed by atoms with Crippen molar-refractivity contribution in [1.29, 1.82) is 0 Å². The van der Waals surface area contributed by atoms with Gasteiger partial charge in [0.25, 0.3) is 0 Å². The molecule has 138 valence electrons. The third-order valence-electron chi connectivity index (χ3n) is 5.27. The highest BCUT2D eigenvalue weighted by Gasteiger charge is 2.46. The molecule has 5 nitrogen and oxygen atoms in total. The maximum Gasteiger partial charge on any atom is 0.246 e.